The minimum atomic E-state index is 0.147. The first kappa shape index (κ1) is 14.8. The fourth-order valence-electron chi connectivity index (χ4n) is 2.29. The van der Waals surface area contributed by atoms with Crippen molar-refractivity contribution in [2.45, 2.75) is 56.7 Å². The molecule has 100 valence electrons. The van der Waals surface area contributed by atoms with Gasteiger partial charge in [-0.15, -0.1) is 11.8 Å². The Bertz CT molecular complexity index is 223. The molecule has 2 unspecified atom stereocenters. The molecule has 0 heterocycles. The van der Waals surface area contributed by atoms with Gasteiger partial charge in [-0.2, -0.15) is 0 Å². The Labute approximate surface area is 109 Å². The number of nitrogens with one attached hydrogen (secondary N) is 2. The van der Waals surface area contributed by atoms with Gasteiger partial charge in [-0.1, -0.05) is 26.2 Å². The lowest BCUT2D eigenvalue weighted by molar-refractivity contribution is -0.118. The van der Waals surface area contributed by atoms with Gasteiger partial charge in [0.25, 0.3) is 0 Å². The molecule has 1 fully saturated rings. The molecule has 1 rings (SSSR count). The SMILES string of the molecule is CCCNC1CCCCCC1SCC(=O)NC. The van der Waals surface area contributed by atoms with Crippen molar-refractivity contribution >= 4 is 17.7 Å². The van der Waals surface area contributed by atoms with E-state index in [-0.39, 0.29) is 5.91 Å². The third-order valence-corrected chi connectivity index (χ3v) is 4.74. The number of carbonyl (C=O) groups is 1. The number of hydrogen-bond donors (Lipinski definition) is 2. The molecule has 0 aliphatic heterocycles. The van der Waals surface area contributed by atoms with Gasteiger partial charge in [-0.3, -0.25) is 4.79 Å². The average molecular weight is 258 g/mol. The lowest BCUT2D eigenvalue weighted by atomic mass is 10.1. The monoisotopic (exact) mass is 258 g/mol. The Kier molecular flexibility index (Phi) is 7.69. The van der Waals surface area contributed by atoms with E-state index in [2.05, 4.69) is 17.6 Å². The van der Waals surface area contributed by atoms with Crippen LogP contribution in [0.25, 0.3) is 0 Å². The van der Waals surface area contributed by atoms with Crippen molar-refractivity contribution in [1.29, 1.82) is 0 Å². The van der Waals surface area contributed by atoms with Crippen molar-refractivity contribution in [2.75, 3.05) is 19.3 Å². The summed E-state index contributed by atoms with van der Waals surface area (Å²) in [6.45, 7) is 3.30. The number of carbonyl (C=O) groups excluding carboxylic acids is 1. The van der Waals surface area contributed by atoms with E-state index in [0.29, 0.717) is 17.0 Å². The Morgan fingerprint density at radius 2 is 2.06 bits per heavy atom. The Morgan fingerprint density at radius 3 is 2.76 bits per heavy atom. The van der Waals surface area contributed by atoms with Crippen molar-refractivity contribution < 1.29 is 4.79 Å². The summed E-state index contributed by atoms with van der Waals surface area (Å²) < 4.78 is 0. The second kappa shape index (κ2) is 8.81. The van der Waals surface area contributed by atoms with E-state index in [1.807, 2.05) is 11.8 Å². The highest BCUT2D eigenvalue weighted by atomic mass is 32.2. The molecular formula is C13H26N2OS. The second-order valence-electron chi connectivity index (χ2n) is 4.72. The van der Waals surface area contributed by atoms with E-state index in [1.165, 1.54) is 38.5 Å². The third kappa shape index (κ3) is 5.77. The summed E-state index contributed by atoms with van der Waals surface area (Å²) in [5, 5.41) is 6.96. The summed E-state index contributed by atoms with van der Waals surface area (Å²) >= 11 is 1.83. The van der Waals surface area contributed by atoms with Crippen molar-refractivity contribution in [1.82, 2.24) is 10.6 Å². The molecule has 17 heavy (non-hydrogen) atoms. The molecule has 1 saturated carbocycles. The van der Waals surface area contributed by atoms with Gasteiger partial charge in [0.1, 0.15) is 0 Å². The summed E-state index contributed by atoms with van der Waals surface area (Å²) in [4.78, 5) is 11.3. The third-order valence-electron chi connectivity index (χ3n) is 3.32. The number of hydrogen-bond acceptors (Lipinski definition) is 3. The fraction of sp³-hybridized carbons (Fsp3) is 0.923. The summed E-state index contributed by atoms with van der Waals surface area (Å²) in [6, 6.07) is 0.604. The molecule has 3 nitrogen and oxygen atoms in total. The lowest BCUT2D eigenvalue weighted by Crippen LogP contribution is -2.38. The van der Waals surface area contributed by atoms with Gasteiger partial charge in [0.2, 0.25) is 5.91 Å². The van der Waals surface area contributed by atoms with Crippen LogP contribution in [0.4, 0.5) is 0 Å². The van der Waals surface area contributed by atoms with Crippen LogP contribution in [-0.2, 0) is 4.79 Å². The first-order chi connectivity index (χ1) is 8.27. The van der Waals surface area contributed by atoms with E-state index in [9.17, 15) is 4.79 Å². The highest BCUT2D eigenvalue weighted by Gasteiger charge is 2.23. The predicted molar refractivity (Wildman–Crippen MR) is 75.5 cm³/mol. The van der Waals surface area contributed by atoms with Gasteiger partial charge in [0.05, 0.1) is 5.75 Å². The zero-order valence-corrected chi connectivity index (χ0v) is 11.9. The Morgan fingerprint density at radius 1 is 1.29 bits per heavy atom. The Hall–Kier alpha value is -0.220. The van der Waals surface area contributed by atoms with Crippen LogP contribution in [0.5, 0.6) is 0 Å². The molecule has 0 spiro atoms. The highest BCUT2D eigenvalue weighted by molar-refractivity contribution is 8.00. The van der Waals surface area contributed by atoms with Crippen LogP contribution in [0.1, 0.15) is 45.4 Å². The summed E-state index contributed by atoms with van der Waals surface area (Å²) in [5.41, 5.74) is 0. The molecule has 4 heteroatoms. The van der Waals surface area contributed by atoms with Crippen LogP contribution in [0, 0.1) is 0 Å². The van der Waals surface area contributed by atoms with Gasteiger partial charge in [0.15, 0.2) is 0 Å². The van der Waals surface area contributed by atoms with E-state index >= 15 is 0 Å². The van der Waals surface area contributed by atoms with E-state index in [0.717, 1.165) is 6.54 Å². The van der Waals surface area contributed by atoms with Crippen molar-refractivity contribution in [2.24, 2.45) is 0 Å². The molecule has 2 N–H and O–H groups in total. The van der Waals surface area contributed by atoms with Crippen LogP contribution >= 0.6 is 11.8 Å². The van der Waals surface area contributed by atoms with Crippen LogP contribution in [-0.4, -0.2) is 36.5 Å². The number of rotatable bonds is 6. The maximum absolute atomic E-state index is 11.3. The smallest absolute Gasteiger partial charge is 0.229 e. The zero-order valence-electron chi connectivity index (χ0n) is 11.1. The minimum Gasteiger partial charge on any atom is -0.358 e. The summed E-state index contributed by atoms with van der Waals surface area (Å²) in [5.74, 6) is 0.749. The first-order valence-corrected chi connectivity index (χ1v) is 7.88. The van der Waals surface area contributed by atoms with E-state index in [4.69, 9.17) is 0 Å². The van der Waals surface area contributed by atoms with Crippen LogP contribution in [0.15, 0.2) is 0 Å². The van der Waals surface area contributed by atoms with Gasteiger partial charge in [-0.05, 0) is 25.8 Å². The topological polar surface area (TPSA) is 41.1 Å². The van der Waals surface area contributed by atoms with Gasteiger partial charge in [-0.25, -0.2) is 0 Å². The molecule has 1 amide bonds. The highest BCUT2D eigenvalue weighted by Crippen LogP contribution is 2.27. The largest absolute Gasteiger partial charge is 0.358 e. The maximum Gasteiger partial charge on any atom is 0.229 e. The molecule has 1 aliphatic carbocycles. The molecule has 0 saturated heterocycles. The molecule has 1 aliphatic rings. The lowest BCUT2D eigenvalue weighted by Gasteiger charge is -2.25. The first-order valence-electron chi connectivity index (χ1n) is 6.83. The van der Waals surface area contributed by atoms with Crippen molar-refractivity contribution in [3.63, 3.8) is 0 Å². The van der Waals surface area contributed by atoms with Crippen molar-refractivity contribution in [3.8, 4) is 0 Å². The molecule has 0 aromatic heterocycles. The zero-order chi connectivity index (χ0) is 12.5. The predicted octanol–water partition coefficient (Wildman–Crippen LogP) is 2.17. The summed E-state index contributed by atoms with van der Waals surface area (Å²) in [6.07, 6.45) is 7.70. The van der Waals surface area contributed by atoms with E-state index in [1.54, 1.807) is 7.05 Å². The van der Waals surface area contributed by atoms with E-state index < -0.39 is 0 Å². The quantitative estimate of drug-likeness (QED) is 0.717. The van der Waals surface area contributed by atoms with Gasteiger partial charge >= 0.3 is 0 Å². The van der Waals surface area contributed by atoms with Crippen molar-refractivity contribution in [3.05, 3.63) is 0 Å². The van der Waals surface area contributed by atoms with Crippen LogP contribution in [0.2, 0.25) is 0 Å². The molecule has 0 aromatic rings. The number of thioether (sulfide) groups is 1. The minimum absolute atomic E-state index is 0.147. The molecule has 0 radical (unpaired) electrons. The second-order valence-corrected chi connectivity index (χ2v) is 5.95. The maximum atomic E-state index is 11.3. The fourth-order valence-corrected chi connectivity index (χ4v) is 3.60. The number of amides is 1. The van der Waals surface area contributed by atoms with Gasteiger partial charge < -0.3 is 10.6 Å². The van der Waals surface area contributed by atoms with Crippen LogP contribution in [0.3, 0.4) is 0 Å². The van der Waals surface area contributed by atoms with Crippen LogP contribution < -0.4 is 10.6 Å². The van der Waals surface area contributed by atoms with Gasteiger partial charge in [0, 0.05) is 18.3 Å². The molecule has 2 atom stereocenters. The molecular weight excluding hydrogens is 232 g/mol. The molecule has 0 aromatic carbocycles. The molecule has 0 bridgehead atoms. The average Bonchev–Trinajstić information content (AvgIpc) is 2.58. The Balaban J connectivity index is 2.40. The normalized spacial score (nSPS) is 25.3. The summed E-state index contributed by atoms with van der Waals surface area (Å²) in [7, 11) is 1.71. The standard InChI is InChI=1S/C13H26N2OS/c1-3-9-15-11-7-5-4-6-8-12(11)17-10-13(16)14-2/h11-12,15H,3-10H2,1-2H3,(H,14,16).